The molecule has 14 nitrogen and oxygen atoms in total. The van der Waals surface area contributed by atoms with E-state index in [4.69, 9.17) is 35.0 Å². The standard InChI is InChI=1S/C17H12ClNO6.C9H9NO6/c1-23-15-13(19(21)22)8-10-7-12(9-3-5-11(18)6-4-9)17(20)25-14(10)16(15)24-2;1-15-8-6(10(13)14)3-5(4-11)7(12)9(8)16-2/h3-8H,1-2H3;3-4,12H,1-2H3. The van der Waals surface area contributed by atoms with Crippen LogP contribution in [0.25, 0.3) is 22.1 Å². The minimum Gasteiger partial charge on any atom is -0.504 e. The van der Waals surface area contributed by atoms with Crippen LogP contribution in [0.3, 0.4) is 0 Å². The van der Waals surface area contributed by atoms with Crippen LogP contribution in [0.5, 0.6) is 28.7 Å². The van der Waals surface area contributed by atoms with Crippen LogP contribution >= 0.6 is 11.6 Å². The summed E-state index contributed by atoms with van der Waals surface area (Å²) in [6.07, 6.45) is 0.296. The van der Waals surface area contributed by atoms with Crippen molar-refractivity contribution >= 4 is 40.2 Å². The van der Waals surface area contributed by atoms with Crippen molar-refractivity contribution in [3.05, 3.63) is 83.7 Å². The number of carbonyl (C=O) groups excluding carboxylic acids is 1. The molecule has 15 heteroatoms. The molecule has 0 fully saturated rings. The molecule has 0 unspecified atom stereocenters. The summed E-state index contributed by atoms with van der Waals surface area (Å²) >= 11 is 5.86. The highest BCUT2D eigenvalue weighted by Gasteiger charge is 2.27. The Morgan fingerprint density at radius 1 is 0.829 bits per heavy atom. The molecule has 3 aromatic carbocycles. The number of benzene rings is 3. The first-order valence-electron chi connectivity index (χ1n) is 11.2. The molecule has 0 atom stereocenters. The van der Waals surface area contributed by atoms with E-state index in [2.05, 4.69) is 0 Å². The van der Waals surface area contributed by atoms with Gasteiger partial charge in [0.2, 0.25) is 23.0 Å². The summed E-state index contributed by atoms with van der Waals surface area (Å²) in [4.78, 5) is 43.7. The van der Waals surface area contributed by atoms with Gasteiger partial charge in [-0.15, -0.1) is 0 Å². The number of hydrogen-bond acceptors (Lipinski definition) is 12. The van der Waals surface area contributed by atoms with Gasteiger partial charge in [0.1, 0.15) is 0 Å². The van der Waals surface area contributed by atoms with Crippen LogP contribution < -0.4 is 24.6 Å². The zero-order valence-corrected chi connectivity index (χ0v) is 22.6. The van der Waals surface area contributed by atoms with Gasteiger partial charge < -0.3 is 28.5 Å². The van der Waals surface area contributed by atoms with Crippen molar-refractivity contribution in [1.29, 1.82) is 0 Å². The Balaban J connectivity index is 0.000000250. The van der Waals surface area contributed by atoms with Crippen LogP contribution in [0.15, 0.2) is 51.7 Å². The quantitative estimate of drug-likeness (QED) is 0.123. The van der Waals surface area contributed by atoms with Gasteiger partial charge in [-0.25, -0.2) is 4.79 Å². The molecule has 4 aromatic rings. The zero-order chi connectivity index (χ0) is 30.4. The summed E-state index contributed by atoms with van der Waals surface area (Å²) in [6, 6.07) is 10.3. The fourth-order valence-corrected chi connectivity index (χ4v) is 3.93. The maximum atomic E-state index is 12.4. The van der Waals surface area contributed by atoms with Crippen molar-refractivity contribution in [2.45, 2.75) is 0 Å². The second-order valence-corrected chi connectivity index (χ2v) is 8.30. The van der Waals surface area contributed by atoms with Gasteiger partial charge >= 0.3 is 17.0 Å². The van der Waals surface area contributed by atoms with Gasteiger partial charge in [-0.3, -0.25) is 25.0 Å². The van der Waals surface area contributed by atoms with Gasteiger partial charge in [-0.2, -0.15) is 0 Å². The van der Waals surface area contributed by atoms with Crippen molar-refractivity contribution < 1.29 is 43.1 Å². The topological polar surface area (TPSA) is 191 Å². The third-order valence-corrected chi connectivity index (χ3v) is 5.88. The number of hydrogen-bond donors (Lipinski definition) is 1. The van der Waals surface area contributed by atoms with Gasteiger partial charge in [0.05, 0.1) is 49.4 Å². The first-order valence-corrected chi connectivity index (χ1v) is 11.6. The molecule has 41 heavy (non-hydrogen) atoms. The van der Waals surface area contributed by atoms with Gasteiger partial charge in [-0.1, -0.05) is 23.7 Å². The minimum absolute atomic E-state index is 0.00791. The number of aldehydes is 1. The normalized spacial score (nSPS) is 10.3. The van der Waals surface area contributed by atoms with E-state index in [1.807, 2.05) is 0 Å². The summed E-state index contributed by atoms with van der Waals surface area (Å²) < 4.78 is 25.1. The van der Waals surface area contributed by atoms with E-state index in [0.717, 1.165) is 6.07 Å². The number of carbonyl (C=O) groups is 1. The van der Waals surface area contributed by atoms with E-state index >= 15 is 0 Å². The number of methoxy groups -OCH3 is 4. The number of nitro groups is 2. The lowest BCUT2D eigenvalue weighted by Crippen LogP contribution is -2.05. The lowest BCUT2D eigenvalue weighted by Gasteiger charge is -2.11. The molecule has 0 saturated heterocycles. The fourth-order valence-electron chi connectivity index (χ4n) is 3.80. The first kappa shape index (κ1) is 30.2. The van der Waals surface area contributed by atoms with Gasteiger partial charge in [0, 0.05) is 22.5 Å². The second kappa shape index (κ2) is 12.7. The summed E-state index contributed by atoms with van der Waals surface area (Å²) in [5.74, 6) is -1.07. The maximum absolute atomic E-state index is 12.4. The highest BCUT2D eigenvalue weighted by Crippen LogP contribution is 2.45. The number of halogens is 1. The van der Waals surface area contributed by atoms with Crippen molar-refractivity contribution in [3.8, 4) is 39.9 Å². The van der Waals surface area contributed by atoms with Gasteiger partial charge in [0.15, 0.2) is 17.6 Å². The Labute approximate surface area is 235 Å². The molecular weight excluding hydrogens is 568 g/mol. The number of rotatable bonds is 8. The molecule has 0 spiro atoms. The van der Waals surface area contributed by atoms with Crippen LogP contribution in [0.4, 0.5) is 11.4 Å². The van der Waals surface area contributed by atoms with Crippen molar-refractivity contribution in [2.75, 3.05) is 28.4 Å². The number of phenolic OH excluding ortho intramolecular Hbond substituents is 1. The largest absolute Gasteiger partial charge is 0.504 e. The highest BCUT2D eigenvalue weighted by molar-refractivity contribution is 6.30. The summed E-state index contributed by atoms with van der Waals surface area (Å²) in [7, 11) is 4.99. The van der Waals surface area contributed by atoms with Crippen LogP contribution in [-0.2, 0) is 0 Å². The van der Waals surface area contributed by atoms with Crippen LogP contribution in [-0.4, -0.2) is 49.7 Å². The van der Waals surface area contributed by atoms with Crippen molar-refractivity contribution in [1.82, 2.24) is 0 Å². The number of fused-ring (bicyclic) bond motifs is 1. The van der Waals surface area contributed by atoms with Crippen LogP contribution in [0.2, 0.25) is 5.02 Å². The maximum Gasteiger partial charge on any atom is 0.344 e. The number of nitrogens with zero attached hydrogens (tertiary/aromatic N) is 2. The molecule has 0 aliphatic rings. The zero-order valence-electron chi connectivity index (χ0n) is 21.8. The molecule has 0 aliphatic heterocycles. The van der Waals surface area contributed by atoms with Gasteiger partial charge in [-0.05, 0) is 23.8 Å². The monoisotopic (exact) mass is 588 g/mol. The molecule has 214 valence electrons. The summed E-state index contributed by atoms with van der Waals surface area (Å²) in [5.41, 5.74) is -0.661. The Bertz CT molecular complexity index is 1700. The third kappa shape index (κ3) is 5.96. The predicted octanol–water partition coefficient (Wildman–Crippen LogP) is 5.17. The molecule has 1 aromatic heterocycles. The van der Waals surface area contributed by atoms with Gasteiger partial charge in [0.25, 0.3) is 0 Å². The fraction of sp³-hybridized carbons (Fsp3) is 0.154. The van der Waals surface area contributed by atoms with E-state index in [-0.39, 0.29) is 45.4 Å². The van der Waals surface area contributed by atoms with Crippen LogP contribution in [0, 0.1) is 20.2 Å². The molecule has 0 aliphatic carbocycles. The number of nitro benzene ring substituents is 2. The Hall–Kier alpha value is -5.37. The predicted molar refractivity (Wildman–Crippen MR) is 146 cm³/mol. The summed E-state index contributed by atoms with van der Waals surface area (Å²) in [6.45, 7) is 0. The average molecular weight is 589 g/mol. The molecule has 1 heterocycles. The van der Waals surface area contributed by atoms with E-state index in [0.29, 0.717) is 22.3 Å². The molecule has 0 radical (unpaired) electrons. The van der Waals surface area contributed by atoms with Crippen LogP contribution in [0.1, 0.15) is 10.4 Å². The van der Waals surface area contributed by atoms with E-state index in [9.17, 15) is 34.9 Å². The Morgan fingerprint density at radius 3 is 1.83 bits per heavy atom. The lowest BCUT2D eigenvalue weighted by atomic mass is 10.1. The number of aromatic hydroxyl groups is 1. The Morgan fingerprint density at radius 2 is 1.34 bits per heavy atom. The van der Waals surface area contributed by atoms with E-state index in [1.165, 1.54) is 40.6 Å². The number of phenols is 1. The minimum atomic E-state index is -0.728. The molecule has 0 amide bonds. The molecular formula is C26H21ClN2O12. The first-order chi connectivity index (χ1) is 19.5. The van der Waals surface area contributed by atoms with E-state index in [1.54, 1.807) is 24.3 Å². The number of ether oxygens (including phenoxy) is 4. The summed E-state index contributed by atoms with van der Waals surface area (Å²) in [5, 5.41) is 32.4. The van der Waals surface area contributed by atoms with E-state index < -0.39 is 26.9 Å². The lowest BCUT2D eigenvalue weighted by molar-refractivity contribution is -0.385. The van der Waals surface area contributed by atoms with Crippen molar-refractivity contribution in [3.63, 3.8) is 0 Å². The second-order valence-electron chi connectivity index (χ2n) is 7.87. The average Bonchev–Trinajstić information content (AvgIpc) is 2.96. The molecule has 1 N–H and O–H groups in total. The molecule has 0 saturated carbocycles. The molecule has 0 bridgehead atoms. The highest BCUT2D eigenvalue weighted by atomic mass is 35.5. The van der Waals surface area contributed by atoms with Crippen molar-refractivity contribution in [2.24, 2.45) is 0 Å². The SMILES string of the molecule is COc1c([N+](=O)[O-])cc(C=O)c(O)c1OC.COc1c([N+](=O)[O-])cc2cc(-c3ccc(Cl)cc3)c(=O)oc2c1OC. The third-order valence-electron chi connectivity index (χ3n) is 5.63. The molecule has 4 rings (SSSR count). The Kier molecular flexibility index (Phi) is 9.31. The smallest absolute Gasteiger partial charge is 0.344 e.